The summed E-state index contributed by atoms with van der Waals surface area (Å²) in [5, 5.41) is 25.9. The second-order valence-electron chi connectivity index (χ2n) is 8.36. The third-order valence-electron chi connectivity index (χ3n) is 5.00. The number of aliphatic carboxylic acids is 1. The average Bonchev–Trinajstić information content (AvgIpc) is 2.80. The van der Waals surface area contributed by atoms with Crippen molar-refractivity contribution < 1.29 is 34.2 Å². The zero-order valence-corrected chi connectivity index (χ0v) is 21.1. The summed E-state index contributed by atoms with van der Waals surface area (Å²) in [5.74, 6) is -5.42. The highest BCUT2D eigenvalue weighted by atomic mass is 16.4. The quantitative estimate of drug-likeness (QED) is 0.0435. The number of hydrogen-bond acceptors (Lipinski definition) is 9. The SMILES string of the molecule is CC(O)C(N)C(=O)NC(CCCN=C(N)N)C(=O)NC(CCCN=C(N)N)C(=O)NC(CC(N)=O)C(=O)O. The molecule has 5 atom stereocenters. The van der Waals surface area contributed by atoms with Crippen LogP contribution in [0.4, 0.5) is 0 Å². The van der Waals surface area contributed by atoms with Gasteiger partial charge in [-0.3, -0.25) is 29.2 Å². The number of nitrogens with zero attached hydrogens (tertiary/aromatic N) is 2. The minimum atomic E-state index is -1.64. The van der Waals surface area contributed by atoms with Crippen molar-refractivity contribution in [3.8, 4) is 0 Å². The number of hydrogen-bond donors (Lipinski definition) is 11. The van der Waals surface area contributed by atoms with Crippen LogP contribution in [0.15, 0.2) is 9.98 Å². The first kappa shape index (κ1) is 33.8. The van der Waals surface area contributed by atoms with Gasteiger partial charge in [0, 0.05) is 13.1 Å². The number of carbonyl (C=O) groups is 5. The van der Waals surface area contributed by atoms with E-state index in [4.69, 9.17) is 34.4 Å². The molecule has 0 saturated heterocycles. The molecule has 0 aromatic rings. The molecule has 216 valence electrons. The normalized spacial score (nSPS) is 14.5. The van der Waals surface area contributed by atoms with E-state index in [1.165, 1.54) is 6.92 Å². The number of aliphatic hydroxyl groups is 1. The average molecular weight is 546 g/mol. The van der Waals surface area contributed by atoms with Gasteiger partial charge in [-0.05, 0) is 32.6 Å². The molecule has 0 spiro atoms. The molecular formula is C20H39N11O7. The summed E-state index contributed by atoms with van der Waals surface area (Å²) in [7, 11) is 0. The Balaban J connectivity index is 5.77. The number of rotatable bonds is 18. The van der Waals surface area contributed by atoms with Gasteiger partial charge in [0.05, 0.1) is 12.5 Å². The summed E-state index contributed by atoms with van der Waals surface area (Å²) in [5.41, 5.74) is 31.8. The third-order valence-corrected chi connectivity index (χ3v) is 5.00. The Morgan fingerprint density at radius 3 is 1.47 bits per heavy atom. The van der Waals surface area contributed by atoms with Crippen molar-refractivity contribution in [2.24, 2.45) is 44.4 Å². The fraction of sp³-hybridized carbons (Fsp3) is 0.650. The zero-order valence-electron chi connectivity index (χ0n) is 21.1. The van der Waals surface area contributed by atoms with Crippen molar-refractivity contribution in [1.82, 2.24) is 16.0 Å². The lowest BCUT2D eigenvalue weighted by atomic mass is 10.1. The number of carboxylic acids is 1. The Labute approximate surface area is 219 Å². The highest BCUT2D eigenvalue weighted by Crippen LogP contribution is 2.06. The Hall–Kier alpha value is -4.19. The van der Waals surface area contributed by atoms with Crippen LogP contribution in [0.5, 0.6) is 0 Å². The zero-order chi connectivity index (χ0) is 29.4. The molecule has 0 heterocycles. The van der Waals surface area contributed by atoms with E-state index >= 15 is 0 Å². The third kappa shape index (κ3) is 14.4. The molecule has 4 amide bonds. The molecule has 0 saturated carbocycles. The van der Waals surface area contributed by atoms with E-state index in [0.29, 0.717) is 0 Å². The van der Waals surface area contributed by atoms with Crippen LogP contribution in [0.1, 0.15) is 39.0 Å². The van der Waals surface area contributed by atoms with Crippen molar-refractivity contribution in [1.29, 1.82) is 0 Å². The highest BCUT2D eigenvalue weighted by molar-refractivity contribution is 5.95. The summed E-state index contributed by atoms with van der Waals surface area (Å²) < 4.78 is 0. The van der Waals surface area contributed by atoms with Gasteiger partial charge in [0.25, 0.3) is 0 Å². The van der Waals surface area contributed by atoms with Crippen LogP contribution >= 0.6 is 0 Å². The Bertz CT molecular complexity index is 887. The van der Waals surface area contributed by atoms with Gasteiger partial charge in [-0.25, -0.2) is 4.79 Å². The minimum Gasteiger partial charge on any atom is -0.480 e. The highest BCUT2D eigenvalue weighted by Gasteiger charge is 2.31. The number of nitrogens with two attached hydrogens (primary N) is 6. The van der Waals surface area contributed by atoms with E-state index in [2.05, 4.69) is 25.9 Å². The van der Waals surface area contributed by atoms with Crippen LogP contribution in [-0.2, 0) is 24.0 Å². The standard InChI is InChI=1S/C20H39N11O7/c1-9(32)14(22)17(36)30-11(5-3-7-28-20(25)26)15(34)29-10(4-2-6-27-19(23)24)16(35)31-12(18(37)38)8-13(21)33/h9-12,14,32H,2-8,22H2,1H3,(H2,21,33)(H,29,34)(H,30,36)(H,31,35)(H,37,38)(H4,23,24,27)(H4,25,26,28). The number of nitrogens with one attached hydrogen (secondary N) is 3. The van der Waals surface area contributed by atoms with Gasteiger partial charge in [-0.2, -0.15) is 0 Å². The largest absolute Gasteiger partial charge is 0.480 e. The van der Waals surface area contributed by atoms with E-state index in [1.807, 2.05) is 0 Å². The van der Waals surface area contributed by atoms with Crippen molar-refractivity contribution >= 4 is 41.5 Å². The van der Waals surface area contributed by atoms with Gasteiger partial charge < -0.3 is 60.6 Å². The lowest BCUT2D eigenvalue weighted by molar-refractivity contribution is -0.143. The lowest BCUT2D eigenvalue weighted by Gasteiger charge is -2.25. The van der Waals surface area contributed by atoms with Gasteiger partial charge in [-0.1, -0.05) is 0 Å². The molecular weight excluding hydrogens is 506 g/mol. The van der Waals surface area contributed by atoms with Crippen LogP contribution in [0.2, 0.25) is 0 Å². The van der Waals surface area contributed by atoms with Gasteiger partial charge in [0.15, 0.2) is 11.9 Å². The predicted octanol–water partition coefficient (Wildman–Crippen LogP) is -5.78. The van der Waals surface area contributed by atoms with Crippen molar-refractivity contribution in [3.05, 3.63) is 0 Å². The molecule has 17 N–H and O–H groups in total. The number of guanidine groups is 2. The molecule has 0 aliphatic carbocycles. The first-order valence-corrected chi connectivity index (χ1v) is 11.6. The van der Waals surface area contributed by atoms with Crippen molar-refractivity contribution in [2.45, 2.75) is 69.3 Å². The lowest BCUT2D eigenvalue weighted by Crippen LogP contribution is -2.58. The van der Waals surface area contributed by atoms with Gasteiger partial charge in [-0.15, -0.1) is 0 Å². The second-order valence-corrected chi connectivity index (χ2v) is 8.36. The Kier molecular flexibility index (Phi) is 15.4. The number of aliphatic imine (C=N–C) groups is 2. The maximum absolute atomic E-state index is 13.1. The summed E-state index contributed by atoms with van der Waals surface area (Å²) >= 11 is 0. The molecule has 18 heteroatoms. The fourth-order valence-electron chi connectivity index (χ4n) is 2.98. The summed E-state index contributed by atoms with van der Waals surface area (Å²) in [6.07, 6.45) is -1.50. The van der Waals surface area contributed by atoms with E-state index in [-0.39, 0.29) is 50.7 Å². The molecule has 0 aliphatic heterocycles. The van der Waals surface area contributed by atoms with Crippen LogP contribution in [0, 0.1) is 0 Å². The van der Waals surface area contributed by atoms with Gasteiger partial charge in [0.1, 0.15) is 24.2 Å². The number of amides is 4. The van der Waals surface area contributed by atoms with Crippen LogP contribution in [0.3, 0.4) is 0 Å². The number of aliphatic hydroxyl groups excluding tert-OH is 1. The van der Waals surface area contributed by atoms with Crippen LogP contribution in [0.25, 0.3) is 0 Å². The smallest absolute Gasteiger partial charge is 0.326 e. The van der Waals surface area contributed by atoms with Gasteiger partial charge >= 0.3 is 5.97 Å². The first-order chi connectivity index (χ1) is 17.6. The Morgan fingerprint density at radius 2 is 1.13 bits per heavy atom. The van der Waals surface area contributed by atoms with Crippen LogP contribution < -0.4 is 50.4 Å². The van der Waals surface area contributed by atoms with Crippen LogP contribution in [-0.4, -0.2) is 95.1 Å². The molecule has 0 fully saturated rings. The predicted molar refractivity (Wildman–Crippen MR) is 137 cm³/mol. The topological polar surface area (TPSA) is 343 Å². The Morgan fingerprint density at radius 1 is 0.737 bits per heavy atom. The monoisotopic (exact) mass is 545 g/mol. The molecule has 0 bridgehead atoms. The molecule has 0 rings (SSSR count). The molecule has 38 heavy (non-hydrogen) atoms. The summed E-state index contributed by atoms with van der Waals surface area (Å²) in [6.45, 7) is 1.51. The summed E-state index contributed by atoms with van der Waals surface area (Å²) in [4.78, 5) is 68.6. The minimum absolute atomic E-state index is 0.0165. The maximum atomic E-state index is 13.1. The number of carboxylic acid groups (broad SMARTS) is 1. The summed E-state index contributed by atoms with van der Waals surface area (Å²) in [6, 6.07) is -5.52. The number of primary amides is 1. The maximum Gasteiger partial charge on any atom is 0.326 e. The van der Waals surface area contributed by atoms with E-state index in [1.54, 1.807) is 0 Å². The molecule has 0 aromatic carbocycles. The molecule has 0 aromatic heterocycles. The fourth-order valence-corrected chi connectivity index (χ4v) is 2.98. The first-order valence-electron chi connectivity index (χ1n) is 11.6. The second kappa shape index (κ2) is 17.3. The van der Waals surface area contributed by atoms with E-state index in [9.17, 15) is 34.2 Å². The van der Waals surface area contributed by atoms with Crippen molar-refractivity contribution in [2.75, 3.05) is 13.1 Å². The van der Waals surface area contributed by atoms with E-state index < -0.39 is 66.3 Å². The molecule has 0 radical (unpaired) electrons. The molecule has 18 nitrogen and oxygen atoms in total. The molecule has 5 unspecified atom stereocenters. The molecule has 0 aliphatic rings. The van der Waals surface area contributed by atoms with Gasteiger partial charge in [0.2, 0.25) is 23.6 Å². The van der Waals surface area contributed by atoms with E-state index in [0.717, 1.165) is 0 Å². The number of carbonyl (C=O) groups excluding carboxylic acids is 4. The van der Waals surface area contributed by atoms with Crippen molar-refractivity contribution in [3.63, 3.8) is 0 Å².